The highest BCUT2D eigenvalue weighted by Crippen LogP contribution is 2.36. The lowest BCUT2D eigenvalue weighted by molar-refractivity contribution is -0.182. The summed E-state index contributed by atoms with van der Waals surface area (Å²) in [4.78, 5) is 26.6. The second kappa shape index (κ2) is 11.0. The number of benzene rings is 1. The third-order valence-electron chi connectivity index (χ3n) is 7.28. The smallest absolute Gasteiger partial charge is 0.375 e. The predicted octanol–water partition coefficient (Wildman–Crippen LogP) is 3.12. The molecular formula is C25H30F3N7O3S. The third kappa shape index (κ3) is 5.96. The molecule has 5 rings (SSSR count). The highest BCUT2D eigenvalue weighted by Gasteiger charge is 2.43. The number of amides is 1. The predicted molar refractivity (Wildman–Crippen MR) is 140 cm³/mol. The number of piperidine rings is 2. The topological polar surface area (TPSA) is 123 Å². The van der Waals surface area contributed by atoms with Crippen LogP contribution in [0.3, 0.4) is 0 Å². The van der Waals surface area contributed by atoms with Crippen LogP contribution >= 0.6 is 0 Å². The van der Waals surface area contributed by atoms with Gasteiger partial charge in [-0.1, -0.05) is 12.1 Å². The summed E-state index contributed by atoms with van der Waals surface area (Å²) in [6.45, 7) is 0.797. The number of rotatable bonds is 7. The molecule has 0 radical (unpaired) electrons. The number of carbonyl (C=O) groups is 1. The molecule has 10 nitrogen and oxygen atoms in total. The summed E-state index contributed by atoms with van der Waals surface area (Å²) in [5.74, 6) is -0.994. The molecule has 39 heavy (non-hydrogen) atoms. The molecule has 0 unspecified atom stereocenters. The van der Waals surface area contributed by atoms with Crippen LogP contribution in [0.25, 0.3) is 11.0 Å². The van der Waals surface area contributed by atoms with Crippen molar-refractivity contribution in [1.82, 2.24) is 24.6 Å². The fraction of sp³-hybridized carbons (Fsp3) is 0.480. The Hall–Kier alpha value is -3.39. The number of hydrogen-bond donors (Lipinski definition) is 3. The Labute approximate surface area is 224 Å². The lowest BCUT2D eigenvalue weighted by Gasteiger charge is -2.34. The van der Waals surface area contributed by atoms with Crippen molar-refractivity contribution >= 4 is 38.5 Å². The molecule has 1 atom stereocenters. The molecule has 1 aromatic carbocycles. The average Bonchev–Trinajstić information content (AvgIpc) is 3.41. The van der Waals surface area contributed by atoms with E-state index in [4.69, 9.17) is 0 Å². The van der Waals surface area contributed by atoms with Crippen LogP contribution < -0.4 is 15.5 Å². The van der Waals surface area contributed by atoms with E-state index in [9.17, 15) is 26.4 Å². The van der Waals surface area contributed by atoms with Gasteiger partial charge in [-0.15, -0.1) is 0 Å². The van der Waals surface area contributed by atoms with Gasteiger partial charge in [-0.25, -0.2) is 18.4 Å². The van der Waals surface area contributed by atoms with Crippen molar-refractivity contribution in [2.24, 2.45) is 5.92 Å². The summed E-state index contributed by atoms with van der Waals surface area (Å²) in [6.07, 6.45) is 0.0854. The Morgan fingerprint density at radius 3 is 2.62 bits per heavy atom. The molecule has 2 fully saturated rings. The lowest BCUT2D eigenvalue weighted by Crippen LogP contribution is -2.49. The number of alkyl halides is 3. The SMILES string of the molecule is O=C(CNc1ccccc1S(=O)(=O)N1CCC(C(F)(F)F)CC1)N[C@@H]1CCCN(c2ncnc3[nH]ccc23)C1. The highest BCUT2D eigenvalue weighted by molar-refractivity contribution is 7.89. The summed E-state index contributed by atoms with van der Waals surface area (Å²) in [6, 6.07) is 7.92. The minimum absolute atomic E-state index is 0.0635. The average molecular weight is 566 g/mol. The maximum atomic E-state index is 13.3. The minimum Gasteiger partial charge on any atom is -0.375 e. The third-order valence-corrected chi connectivity index (χ3v) is 9.24. The van der Waals surface area contributed by atoms with Gasteiger partial charge in [0.2, 0.25) is 15.9 Å². The van der Waals surface area contributed by atoms with E-state index in [1.807, 2.05) is 6.07 Å². The number of sulfonamides is 1. The Bertz CT molecular complexity index is 1420. The molecule has 0 bridgehead atoms. The first-order chi connectivity index (χ1) is 18.6. The van der Waals surface area contributed by atoms with Gasteiger partial charge in [-0.3, -0.25) is 4.79 Å². The van der Waals surface area contributed by atoms with Gasteiger partial charge in [-0.2, -0.15) is 17.5 Å². The van der Waals surface area contributed by atoms with Crippen LogP contribution in [-0.4, -0.2) is 78.5 Å². The van der Waals surface area contributed by atoms with E-state index in [0.29, 0.717) is 6.54 Å². The summed E-state index contributed by atoms with van der Waals surface area (Å²) in [5.41, 5.74) is 0.973. The summed E-state index contributed by atoms with van der Waals surface area (Å²) in [7, 11) is -4.04. The molecule has 2 aliphatic rings. The van der Waals surface area contributed by atoms with Crippen molar-refractivity contribution in [2.75, 3.05) is 42.9 Å². The first-order valence-corrected chi connectivity index (χ1v) is 14.3. The summed E-state index contributed by atoms with van der Waals surface area (Å²) >= 11 is 0. The second-order valence-corrected chi connectivity index (χ2v) is 11.8. The maximum absolute atomic E-state index is 13.3. The number of hydrogen-bond acceptors (Lipinski definition) is 7. The normalized spacial score (nSPS) is 19.8. The first-order valence-electron chi connectivity index (χ1n) is 12.8. The second-order valence-electron chi connectivity index (χ2n) is 9.86. The first kappa shape index (κ1) is 27.2. The molecule has 0 spiro atoms. The van der Waals surface area contributed by atoms with Crippen LogP contribution in [0, 0.1) is 5.92 Å². The standard InChI is InChI=1S/C25H30F3N7O3S/c26-25(27,28)17-8-12-35(13-9-17)39(37,38)21-6-2-1-5-20(21)30-14-22(36)33-18-4-3-11-34(15-18)24-19-7-10-29-23(19)31-16-32-24/h1-2,5-7,10,16-18,30H,3-4,8-9,11-15H2,(H,33,36)(H,29,31,32)/t18-/m1/s1. The number of para-hydroxylation sites is 1. The zero-order valence-electron chi connectivity index (χ0n) is 21.1. The number of nitrogens with one attached hydrogen (secondary N) is 3. The molecule has 3 aromatic rings. The molecular weight excluding hydrogens is 535 g/mol. The molecule has 2 aliphatic heterocycles. The number of halogens is 3. The molecule has 2 aromatic heterocycles. The van der Waals surface area contributed by atoms with Crippen molar-refractivity contribution in [3.63, 3.8) is 0 Å². The van der Waals surface area contributed by atoms with Crippen molar-refractivity contribution in [2.45, 2.75) is 42.8 Å². The van der Waals surface area contributed by atoms with Crippen LogP contribution in [0.2, 0.25) is 0 Å². The zero-order chi connectivity index (χ0) is 27.6. The van der Waals surface area contributed by atoms with Gasteiger partial charge in [0.1, 0.15) is 22.7 Å². The van der Waals surface area contributed by atoms with E-state index in [1.54, 1.807) is 24.4 Å². The van der Waals surface area contributed by atoms with Gasteiger partial charge in [0, 0.05) is 38.4 Å². The van der Waals surface area contributed by atoms with Crippen molar-refractivity contribution in [3.8, 4) is 0 Å². The van der Waals surface area contributed by atoms with E-state index in [2.05, 4.69) is 30.5 Å². The molecule has 14 heteroatoms. The number of aromatic amines is 1. The van der Waals surface area contributed by atoms with E-state index >= 15 is 0 Å². The zero-order valence-corrected chi connectivity index (χ0v) is 21.9. The Kier molecular flexibility index (Phi) is 7.67. The number of nitrogens with zero attached hydrogens (tertiary/aromatic N) is 4. The molecule has 0 aliphatic carbocycles. The van der Waals surface area contributed by atoms with Crippen molar-refractivity contribution < 1.29 is 26.4 Å². The largest absolute Gasteiger partial charge is 0.391 e. The Balaban J connectivity index is 1.19. The number of anilines is 2. The Morgan fingerprint density at radius 2 is 1.85 bits per heavy atom. The molecule has 1 amide bonds. The fourth-order valence-electron chi connectivity index (χ4n) is 5.25. The number of H-pyrrole nitrogens is 1. The maximum Gasteiger partial charge on any atom is 0.391 e. The monoisotopic (exact) mass is 565 g/mol. The fourth-order valence-corrected chi connectivity index (χ4v) is 6.89. The highest BCUT2D eigenvalue weighted by atomic mass is 32.2. The van der Waals surface area contributed by atoms with Gasteiger partial charge in [-0.05, 0) is 43.9 Å². The summed E-state index contributed by atoms with van der Waals surface area (Å²) < 4.78 is 66.7. The van der Waals surface area contributed by atoms with Crippen LogP contribution in [0.5, 0.6) is 0 Å². The van der Waals surface area contributed by atoms with Crippen LogP contribution in [-0.2, 0) is 14.8 Å². The van der Waals surface area contributed by atoms with Crippen LogP contribution in [0.1, 0.15) is 25.7 Å². The quantitative estimate of drug-likeness (QED) is 0.402. The number of fused-ring (bicyclic) bond motifs is 1. The van der Waals surface area contributed by atoms with Crippen LogP contribution in [0.4, 0.5) is 24.7 Å². The molecule has 4 heterocycles. The number of carbonyl (C=O) groups excluding carboxylic acids is 1. The molecule has 2 saturated heterocycles. The van der Waals surface area contributed by atoms with Gasteiger partial charge in [0.05, 0.1) is 23.5 Å². The molecule has 0 saturated carbocycles. The van der Waals surface area contributed by atoms with Gasteiger partial charge in [0.15, 0.2) is 0 Å². The lowest BCUT2D eigenvalue weighted by atomic mass is 9.98. The van der Waals surface area contributed by atoms with Gasteiger partial charge >= 0.3 is 6.18 Å². The van der Waals surface area contributed by atoms with E-state index in [1.165, 1.54) is 12.4 Å². The minimum atomic E-state index is -4.33. The molecule has 210 valence electrons. The summed E-state index contributed by atoms with van der Waals surface area (Å²) in [5, 5.41) is 6.83. The van der Waals surface area contributed by atoms with Crippen LogP contribution in [0.15, 0.2) is 47.8 Å². The van der Waals surface area contributed by atoms with E-state index in [0.717, 1.165) is 40.5 Å². The van der Waals surface area contributed by atoms with Gasteiger partial charge < -0.3 is 20.5 Å². The van der Waals surface area contributed by atoms with E-state index in [-0.39, 0.29) is 55.0 Å². The Morgan fingerprint density at radius 1 is 1.08 bits per heavy atom. The number of aromatic nitrogens is 3. The van der Waals surface area contributed by atoms with Crippen molar-refractivity contribution in [1.29, 1.82) is 0 Å². The molecule has 3 N–H and O–H groups in total. The van der Waals surface area contributed by atoms with Crippen molar-refractivity contribution in [3.05, 3.63) is 42.9 Å². The van der Waals surface area contributed by atoms with Gasteiger partial charge in [0.25, 0.3) is 0 Å². The van der Waals surface area contributed by atoms with E-state index < -0.39 is 22.1 Å².